The normalized spacial score (nSPS) is 12.2. The minimum Gasteiger partial charge on any atom is -0.547 e. The van der Waals surface area contributed by atoms with Crippen LogP contribution in [-0.2, 0) is 9.59 Å². The van der Waals surface area contributed by atoms with Crippen molar-refractivity contribution in [2.45, 2.75) is 180 Å². The summed E-state index contributed by atoms with van der Waals surface area (Å²) in [6.45, 7) is 4.47. The van der Waals surface area contributed by atoms with E-state index in [1.807, 2.05) is 0 Å². The maximum Gasteiger partial charge on any atom is 2.00 e. The fourth-order valence-electron chi connectivity index (χ4n) is 4.24. The van der Waals surface area contributed by atoms with Crippen LogP contribution in [0.15, 0.2) is 0 Å². The fourth-order valence-corrected chi connectivity index (χ4v) is 4.24. The van der Waals surface area contributed by atoms with Gasteiger partial charge in [0, 0.05) is 0 Å². The molecular weight excluding hydrogens is 481 g/mol. The van der Waals surface area contributed by atoms with Crippen molar-refractivity contribution in [2.75, 3.05) is 0 Å². The summed E-state index contributed by atoms with van der Waals surface area (Å²) in [5.41, 5.74) is 0. The molecule has 2 N–H and O–H groups in total. The van der Waals surface area contributed by atoms with Gasteiger partial charge in [-0.25, -0.2) is 0 Å². The number of rotatable bonds is 26. The molecule has 2 atom stereocenters. The first-order valence-corrected chi connectivity index (χ1v) is 15.1. The summed E-state index contributed by atoms with van der Waals surface area (Å²) in [6, 6.07) is 0. The van der Waals surface area contributed by atoms with Crippen molar-refractivity contribution in [3.8, 4) is 0 Å². The first-order valence-electron chi connectivity index (χ1n) is 15.1. The molecule has 0 radical (unpaired) electrons. The molecule has 0 spiro atoms. The summed E-state index contributed by atoms with van der Waals surface area (Å²) in [5, 5.41) is 38.5. The van der Waals surface area contributed by atoms with Crippen LogP contribution in [0.25, 0.3) is 0 Å². The third kappa shape index (κ3) is 35.6. The van der Waals surface area contributed by atoms with Crippen molar-refractivity contribution in [3.05, 3.63) is 0 Å². The molecule has 0 aliphatic carbocycles. The Morgan fingerprint density at radius 2 is 0.649 bits per heavy atom. The van der Waals surface area contributed by atoms with Crippen LogP contribution in [0.1, 0.15) is 168 Å². The largest absolute Gasteiger partial charge is 2.00 e. The number of carbonyl (C=O) groups is 2. The molecule has 0 saturated heterocycles. The van der Waals surface area contributed by atoms with Gasteiger partial charge in [-0.05, 0) is 12.8 Å². The number of unbranched alkanes of at least 4 members (excludes halogenated alkanes) is 20. The van der Waals surface area contributed by atoms with Gasteiger partial charge in [0.15, 0.2) is 0 Å². The smallest absolute Gasteiger partial charge is 0.547 e. The Labute approximate surface area is 244 Å². The monoisotopic (exact) mass is 538 g/mol. The predicted octanol–water partition coefficient (Wildman–Crippen LogP) is 5.22. The number of hydrogen-bond acceptors (Lipinski definition) is 6. The van der Waals surface area contributed by atoms with Crippen LogP contribution in [0.4, 0.5) is 0 Å². The molecule has 0 aliphatic heterocycles. The van der Waals surface area contributed by atoms with Gasteiger partial charge in [0.25, 0.3) is 0 Å². The molecule has 2 unspecified atom stereocenters. The SMILES string of the molecule is CCCCCCCCCCCCCC(O)C(=O)[O-].CCCCCCCCCCCCCC(O)C(=O)[O-].[Mg+2]. The van der Waals surface area contributed by atoms with Crippen LogP contribution in [0.5, 0.6) is 0 Å². The molecular formula is C30H58MgO6. The third-order valence-corrected chi connectivity index (χ3v) is 6.71. The van der Waals surface area contributed by atoms with E-state index in [1.54, 1.807) is 0 Å². The van der Waals surface area contributed by atoms with Crippen molar-refractivity contribution < 1.29 is 30.0 Å². The molecule has 0 amide bonds. The molecule has 0 aromatic rings. The van der Waals surface area contributed by atoms with E-state index >= 15 is 0 Å². The third-order valence-electron chi connectivity index (χ3n) is 6.71. The number of carboxylic acids is 2. The van der Waals surface area contributed by atoms with Crippen molar-refractivity contribution in [1.29, 1.82) is 0 Å². The molecule has 7 heteroatoms. The van der Waals surface area contributed by atoms with Gasteiger partial charge < -0.3 is 30.0 Å². The molecule has 0 saturated carbocycles. The summed E-state index contributed by atoms with van der Waals surface area (Å²) in [5.74, 6) is -2.69. The summed E-state index contributed by atoms with van der Waals surface area (Å²) >= 11 is 0. The van der Waals surface area contributed by atoms with Gasteiger partial charge in [-0.1, -0.05) is 155 Å². The Morgan fingerprint density at radius 1 is 0.459 bits per heavy atom. The predicted molar refractivity (Wildman–Crippen MR) is 150 cm³/mol. The number of aliphatic hydroxyl groups excluding tert-OH is 2. The summed E-state index contributed by atoms with van der Waals surface area (Å²) in [4.78, 5) is 20.5. The maximum atomic E-state index is 10.3. The quantitative estimate of drug-likeness (QED) is 0.115. The second kappa shape index (κ2) is 33.7. The Balaban J connectivity index is -0.000000608. The summed E-state index contributed by atoms with van der Waals surface area (Å²) < 4.78 is 0. The molecule has 0 aromatic heterocycles. The number of carboxylic acid groups (broad SMARTS) is 2. The van der Waals surface area contributed by atoms with E-state index < -0.39 is 24.1 Å². The molecule has 216 valence electrons. The van der Waals surface area contributed by atoms with E-state index in [-0.39, 0.29) is 23.1 Å². The zero-order chi connectivity index (χ0) is 27.3. The average molecular weight is 539 g/mol. The number of carbonyl (C=O) groups excluding carboxylic acids is 2. The van der Waals surface area contributed by atoms with Crippen LogP contribution < -0.4 is 10.2 Å². The first kappa shape index (κ1) is 41.1. The minimum atomic E-state index is -1.35. The van der Waals surface area contributed by atoms with Crippen molar-refractivity contribution >= 4 is 35.0 Å². The van der Waals surface area contributed by atoms with E-state index in [0.29, 0.717) is 12.8 Å². The van der Waals surface area contributed by atoms with Crippen LogP contribution in [0.2, 0.25) is 0 Å². The van der Waals surface area contributed by atoms with E-state index in [0.717, 1.165) is 38.5 Å². The number of aliphatic carboxylic acids is 2. The molecule has 0 aromatic carbocycles. The standard InChI is InChI=1S/2C15H30O3.Mg/c2*1-2-3-4-5-6-7-8-9-10-11-12-13-14(16)15(17)18;/h2*14,16H,2-13H2,1H3,(H,17,18);/q;;+2/p-2. The van der Waals surface area contributed by atoms with Crippen molar-refractivity contribution in [2.24, 2.45) is 0 Å². The van der Waals surface area contributed by atoms with Crippen molar-refractivity contribution in [1.82, 2.24) is 0 Å². The van der Waals surface area contributed by atoms with E-state index in [4.69, 9.17) is 10.2 Å². The van der Waals surface area contributed by atoms with Gasteiger partial charge in [-0.15, -0.1) is 0 Å². The zero-order valence-electron chi connectivity index (χ0n) is 24.4. The van der Waals surface area contributed by atoms with E-state index in [2.05, 4.69) is 13.8 Å². The van der Waals surface area contributed by atoms with Crippen molar-refractivity contribution in [3.63, 3.8) is 0 Å². The van der Waals surface area contributed by atoms with Gasteiger partial charge in [0.1, 0.15) is 0 Å². The van der Waals surface area contributed by atoms with E-state index in [9.17, 15) is 19.8 Å². The molecule has 37 heavy (non-hydrogen) atoms. The van der Waals surface area contributed by atoms with Crippen LogP contribution in [0, 0.1) is 0 Å². The Kier molecular flexibility index (Phi) is 37.4. The second-order valence-corrected chi connectivity index (χ2v) is 10.3. The van der Waals surface area contributed by atoms with Gasteiger partial charge in [-0.2, -0.15) is 0 Å². The number of hydrogen-bond donors (Lipinski definition) is 2. The van der Waals surface area contributed by atoms with Gasteiger partial charge in [-0.3, -0.25) is 0 Å². The molecule has 0 fully saturated rings. The topological polar surface area (TPSA) is 121 Å². The van der Waals surface area contributed by atoms with Crippen LogP contribution in [-0.4, -0.2) is 57.4 Å². The van der Waals surface area contributed by atoms with E-state index in [1.165, 1.54) is 103 Å². The van der Waals surface area contributed by atoms with Crippen LogP contribution in [0.3, 0.4) is 0 Å². The Morgan fingerprint density at radius 3 is 0.838 bits per heavy atom. The van der Waals surface area contributed by atoms with Crippen LogP contribution >= 0.6 is 0 Å². The molecule has 6 nitrogen and oxygen atoms in total. The Hall–Kier alpha value is -0.374. The maximum absolute atomic E-state index is 10.3. The van der Waals surface area contributed by atoms with Gasteiger partial charge in [0.2, 0.25) is 0 Å². The molecule has 0 aliphatic rings. The number of aliphatic hydroxyl groups is 2. The molecule has 0 bridgehead atoms. The minimum absolute atomic E-state index is 0. The second-order valence-electron chi connectivity index (χ2n) is 10.3. The summed E-state index contributed by atoms with van der Waals surface area (Å²) in [7, 11) is 0. The van der Waals surface area contributed by atoms with Gasteiger partial charge in [0.05, 0.1) is 24.1 Å². The molecule has 0 heterocycles. The Bertz CT molecular complexity index is 433. The van der Waals surface area contributed by atoms with Gasteiger partial charge >= 0.3 is 23.1 Å². The fraction of sp³-hybridized carbons (Fsp3) is 0.933. The zero-order valence-corrected chi connectivity index (χ0v) is 25.8. The summed E-state index contributed by atoms with van der Waals surface area (Å²) in [6.07, 6.45) is 25.2. The molecule has 0 rings (SSSR count). The first-order chi connectivity index (χ1) is 17.4. The average Bonchev–Trinajstić information content (AvgIpc) is 2.85.